The van der Waals surface area contributed by atoms with Gasteiger partial charge in [0.15, 0.2) is 0 Å². The third-order valence-corrected chi connectivity index (χ3v) is 6.94. The van der Waals surface area contributed by atoms with Gasteiger partial charge in [0.05, 0.1) is 41.4 Å². The van der Waals surface area contributed by atoms with Gasteiger partial charge < -0.3 is 9.13 Å². The summed E-state index contributed by atoms with van der Waals surface area (Å²) >= 11 is 12.0. The number of ketones is 2. The highest BCUT2D eigenvalue weighted by Gasteiger charge is 2.19. The van der Waals surface area contributed by atoms with Gasteiger partial charge in [0.25, 0.3) is 0 Å². The molecule has 0 atom stereocenters. The first-order valence-electron chi connectivity index (χ1n) is 13.1. The highest BCUT2D eigenvalue weighted by molar-refractivity contribution is 6.37. The van der Waals surface area contributed by atoms with Gasteiger partial charge in [0.2, 0.25) is 11.6 Å². The fourth-order valence-corrected chi connectivity index (χ4v) is 4.88. The van der Waals surface area contributed by atoms with Gasteiger partial charge in [-0.05, 0) is 55.8 Å². The smallest absolute Gasteiger partial charge is 0.210 e. The fourth-order valence-electron chi connectivity index (χ4n) is 4.39. The quantitative estimate of drug-likeness (QED) is 0.182. The maximum Gasteiger partial charge on any atom is 0.210 e. The molecule has 0 radical (unpaired) electrons. The molecule has 8 heteroatoms. The van der Waals surface area contributed by atoms with Crippen LogP contribution in [-0.2, 0) is 25.9 Å². The summed E-state index contributed by atoms with van der Waals surface area (Å²) in [6, 6.07) is 25.5. The molecule has 2 aromatic carbocycles. The number of nitrogens with zero attached hydrogens (tertiary/aromatic N) is 4. The fraction of sp³-hybridized carbons (Fsp3) is 0.250. The summed E-state index contributed by atoms with van der Waals surface area (Å²) < 4.78 is 3.82. The summed E-state index contributed by atoms with van der Waals surface area (Å²) in [4.78, 5) is 25.1. The molecule has 0 fully saturated rings. The van der Waals surface area contributed by atoms with Crippen molar-refractivity contribution in [1.29, 1.82) is 10.5 Å². The maximum absolute atomic E-state index is 12.7. The second-order valence-corrected chi connectivity index (χ2v) is 9.83. The Kier molecular flexibility index (Phi) is 11.3. The van der Waals surface area contributed by atoms with Crippen molar-refractivity contribution >= 4 is 34.8 Å². The molecule has 2 aromatic heterocycles. The molecule has 0 saturated carbocycles. The van der Waals surface area contributed by atoms with Crippen LogP contribution in [0.2, 0.25) is 10.0 Å². The predicted molar refractivity (Wildman–Crippen MR) is 158 cm³/mol. The van der Waals surface area contributed by atoms with Crippen molar-refractivity contribution in [2.75, 3.05) is 0 Å². The first-order chi connectivity index (χ1) is 19.4. The molecule has 204 valence electrons. The van der Waals surface area contributed by atoms with Crippen molar-refractivity contribution in [1.82, 2.24) is 9.13 Å². The first-order valence-corrected chi connectivity index (χ1v) is 13.8. The molecule has 6 nitrogen and oxygen atoms in total. The summed E-state index contributed by atoms with van der Waals surface area (Å²) in [5, 5.41) is 18.5. The topological polar surface area (TPSA) is 91.6 Å². The number of hydrogen-bond donors (Lipinski definition) is 0. The van der Waals surface area contributed by atoms with Crippen LogP contribution in [0.4, 0.5) is 0 Å². The van der Waals surface area contributed by atoms with Gasteiger partial charge in [-0.1, -0.05) is 66.9 Å². The Morgan fingerprint density at radius 1 is 0.775 bits per heavy atom. The lowest BCUT2D eigenvalue weighted by Gasteiger charge is -2.12. The zero-order valence-corrected chi connectivity index (χ0v) is 24.0. The van der Waals surface area contributed by atoms with Crippen molar-refractivity contribution in [2.45, 2.75) is 52.6 Å². The Labute approximate surface area is 245 Å². The van der Waals surface area contributed by atoms with Crippen LogP contribution in [-0.4, -0.2) is 20.7 Å². The minimum absolute atomic E-state index is 0.00152. The van der Waals surface area contributed by atoms with Gasteiger partial charge >= 0.3 is 0 Å². The van der Waals surface area contributed by atoms with Crippen LogP contribution in [0.5, 0.6) is 0 Å². The molecular formula is C32H30Cl2N4O2. The lowest BCUT2D eigenvalue weighted by Crippen LogP contribution is -2.13. The maximum atomic E-state index is 12.7. The predicted octanol–water partition coefficient (Wildman–Crippen LogP) is 7.70. The number of nitriles is 2. The molecule has 0 aliphatic heterocycles. The average molecular weight is 574 g/mol. The van der Waals surface area contributed by atoms with Gasteiger partial charge in [-0.3, -0.25) is 9.59 Å². The second kappa shape index (κ2) is 14.9. The third kappa shape index (κ3) is 7.30. The molecule has 4 rings (SSSR count). The van der Waals surface area contributed by atoms with E-state index in [2.05, 4.69) is 19.1 Å². The molecular weight excluding hydrogens is 543 g/mol. The number of hydrogen-bond acceptors (Lipinski definition) is 4. The number of benzene rings is 2. The first kappa shape index (κ1) is 30.4. The van der Waals surface area contributed by atoms with Gasteiger partial charge in [-0.25, -0.2) is 0 Å². The van der Waals surface area contributed by atoms with E-state index in [1.54, 1.807) is 42.5 Å². The van der Waals surface area contributed by atoms with E-state index >= 15 is 0 Å². The largest absolute Gasteiger partial charge is 0.341 e. The van der Waals surface area contributed by atoms with Crippen LogP contribution in [0, 0.1) is 22.7 Å². The molecule has 0 unspecified atom stereocenters. The Balaban J connectivity index is 0.000000225. The summed E-state index contributed by atoms with van der Waals surface area (Å²) in [6.45, 7) is 5.47. The number of unbranched alkanes of at least 4 members (excludes halogenated alkanes) is 1. The molecule has 0 spiro atoms. The number of carbonyl (C=O) groups is 2. The van der Waals surface area contributed by atoms with Gasteiger partial charge in [-0.15, -0.1) is 0 Å². The zero-order chi connectivity index (χ0) is 29.1. The molecule has 0 saturated heterocycles. The van der Waals surface area contributed by atoms with E-state index in [4.69, 9.17) is 33.7 Å². The van der Waals surface area contributed by atoms with Crippen LogP contribution in [0.15, 0.2) is 72.8 Å². The van der Waals surface area contributed by atoms with E-state index in [1.165, 1.54) is 0 Å². The van der Waals surface area contributed by atoms with E-state index in [1.807, 2.05) is 46.4 Å². The lowest BCUT2D eigenvalue weighted by molar-refractivity contribution is 0.102. The Morgan fingerprint density at radius 2 is 1.38 bits per heavy atom. The molecule has 40 heavy (non-hydrogen) atoms. The standard InChI is InChI=1S/C17H16Cl2N2O.C15H14N2O/c1-2-3-10-21-13(8-9-20)5-7-16(21)17(22)14-6-4-12(18)11-15(14)19;1-2-17-13(10-11-16)8-9-14(17)15(18)12-6-4-3-5-7-12/h4-7,11H,2-3,8,10H2,1H3;3-9H,2,10H2,1H3. The van der Waals surface area contributed by atoms with Gasteiger partial charge in [0.1, 0.15) is 0 Å². The number of rotatable bonds is 10. The van der Waals surface area contributed by atoms with E-state index < -0.39 is 0 Å². The normalized spacial score (nSPS) is 10.2. The molecule has 0 aliphatic carbocycles. The average Bonchev–Trinajstić information content (AvgIpc) is 3.56. The van der Waals surface area contributed by atoms with Crippen molar-refractivity contribution in [3.8, 4) is 12.1 Å². The molecule has 0 N–H and O–H groups in total. The third-order valence-electron chi connectivity index (χ3n) is 6.39. The van der Waals surface area contributed by atoms with Crippen LogP contribution >= 0.6 is 23.2 Å². The minimum Gasteiger partial charge on any atom is -0.341 e. The monoisotopic (exact) mass is 572 g/mol. The van der Waals surface area contributed by atoms with Crippen molar-refractivity contribution in [3.05, 3.63) is 117 Å². The highest BCUT2D eigenvalue weighted by Crippen LogP contribution is 2.25. The second-order valence-electron chi connectivity index (χ2n) is 8.99. The molecule has 2 heterocycles. The summed E-state index contributed by atoms with van der Waals surface area (Å²) in [7, 11) is 0. The number of carbonyl (C=O) groups excluding carboxylic acids is 2. The summed E-state index contributed by atoms with van der Waals surface area (Å²) in [5.41, 5.74) is 4.04. The van der Waals surface area contributed by atoms with E-state index in [0.29, 0.717) is 52.1 Å². The van der Waals surface area contributed by atoms with Crippen LogP contribution in [0.1, 0.15) is 70.2 Å². The van der Waals surface area contributed by atoms with E-state index in [9.17, 15) is 9.59 Å². The van der Waals surface area contributed by atoms with Crippen molar-refractivity contribution in [3.63, 3.8) is 0 Å². The van der Waals surface area contributed by atoms with Crippen LogP contribution in [0.25, 0.3) is 0 Å². The van der Waals surface area contributed by atoms with Crippen LogP contribution in [0.3, 0.4) is 0 Å². The lowest BCUT2D eigenvalue weighted by atomic mass is 10.1. The minimum atomic E-state index is -0.151. The van der Waals surface area contributed by atoms with E-state index in [0.717, 1.165) is 24.2 Å². The summed E-state index contributed by atoms with van der Waals surface area (Å²) in [5.74, 6) is -0.149. The molecule has 0 bridgehead atoms. The molecule has 4 aromatic rings. The van der Waals surface area contributed by atoms with Crippen molar-refractivity contribution in [2.24, 2.45) is 0 Å². The zero-order valence-electron chi connectivity index (χ0n) is 22.5. The Bertz CT molecular complexity index is 1560. The SMILES string of the molecule is CCCCn1c(CC#N)ccc1C(=O)c1ccc(Cl)cc1Cl.CCn1c(CC#N)ccc1C(=O)c1ccccc1. The van der Waals surface area contributed by atoms with Gasteiger partial charge in [0, 0.05) is 40.6 Å². The Hall–Kier alpha value is -4.10. The van der Waals surface area contributed by atoms with Crippen molar-refractivity contribution < 1.29 is 9.59 Å². The number of halogens is 2. The van der Waals surface area contributed by atoms with Gasteiger partial charge in [-0.2, -0.15) is 10.5 Å². The molecule has 0 aliphatic rings. The Morgan fingerprint density at radius 3 is 1.93 bits per heavy atom. The highest BCUT2D eigenvalue weighted by atomic mass is 35.5. The van der Waals surface area contributed by atoms with Crippen LogP contribution < -0.4 is 0 Å². The number of aromatic nitrogens is 2. The van der Waals surface area contributed by atoms with E-state index in [-0.39, 0.29) is 18.0 Å². The molecule has 0 amide bonds. The summed E-state index contributed by atoms with van der Waals surface area (Å²) in [6.07, 6.45) is 2.57.